The first kappa shape index (κ1) is 22.3. The number of benzene rings is 1. The van der Waals surface area contributed by atoms with Crippen LogP contribution >= 0.6 is 0 Å². The van der Waals surface area contributed by atoms with Gasteiger partial charge in [-0.25, -0.2) is 4.98 Å². The maximum absolute atomic E-state index is 12.4. The Morgan fingerprint density at radius 3 is 2.88 bits per heavy atom. The summed E-state index contributed by atoms with van der Waals surface area (Å²) >= 11 is 0. The summed E-state index contributed by atoms with van der Waals surface area (Å²) in [7, 11) is 2.06. The summed E-state index contributed by atoms with van der Waals surface area (Å²) < 4.78 is 39.3. The van der Waals surface area contributed by atoms with Crippen LogP contribution in [0.3, 0.4) is 0 Å². The van der Waals surface area contributed by atoms with E-state index in [2.05, 4.69) is 23.0 Å². The fourth-order valence-electron chi connectivity index (χ4n) is 4.38. The second kappa shape index (κ2) is 9.28. The maximum Gasteiger partial charge on any atom is 0.471 e. The molecule has 3 aromatic rings. The second-order valence-corrected chi connectivity index (χ2v) is 8.15. The lowest BCUT2D eigenvalue weighted by Crippen LogP contribution is -2.37. The molecule has 1 aromatic carbocycles. The second-order valence-electron chi connectivity index (χ2n) is 8.15. The first-order chi connectivity index (χ1) is 15.3. The molecule has 0 spiro atoms. The number of carbonyl (C=O) groups is 1. The van der Waals surface area contributed by atoms with E-state index in [1.165, 1.54) is 5.56 Å². The number of nitrogens with zero attached hydrogens (tertiary/aromatic N) is 4. The van der Waals surface area contributed by atoms with Crippen molar-refractivity contribution in [3.63, 3.8) is 0 Å². The van der Waals surface area contributed by atoms with Gasteiger partial charge in [0.15, 0.2) is 0 Å². The number of hydrogen-bond acceptors (Lipinski definition) is 4. The normalized spacial score (nSPS) is 16.3. The van der Waals surface area contributed by atoms with Crippen LogP contribution in [-0.2, 0) is 24.3 Å². The zero-order chi connectivity index (χ0) is 22.7. The van der Waals surface area contributed by atoms with Gasteiger partial charge in [0.25, 0.3) is 0 Å². The quantitative estimate of drug-likeness (QED) is 0.559. The van der Waals surface area contributed by atoms with E-state index in [0.29, 0.717) is 19.5 Å². The van der Waals surface area contributed by atoms with Gasteiger partial charge in [-0.3, -0.25) is 14.7 Å². The molecule has 2 aromatic heterocycles. The predicted octanol–water partition coefficient (Wildman–Crippen LogP) is 4.01. The Balaban J connectivity index is 1.50. The van der Waals surface area contributed by atoms with Gasteiger partial charge in [-0.1, -0.05) is 18.2 Å². The SMILES string of the molecule is CN(Cc1nc2ccccc2n1CCCNC(=O)C(F)(F)F)C1CCCc2cccnc21. The minimum Gasteiger partial charge on any atom is -0.348 e. The standard InChI is InChI=1S/C23H26F3N5O/c1-30(19-11-4-7-16-8-5-12-27-21(16)19)15-20-29-17-9-2-3-10-18(17)31(20)14-6-13-28-22(32)23(24,25)26/h2-3,5,8-10,12,19H,4,6-7,11,13-15H2,1H3,(H,28,32). The Kier molecular flexibility index (Phi) is 6.45. The molecule has 4 rings (SSSR count). The monoisotopic (exact) mass is 445 g/mol. The summed E-state index contributed by atoms with van der Waals surface area (Å²) in [6.07, 6.45) is 0.491. The minimum absolute atomic E-state index is 0.0555. The minimum atomic E-state index is -4.86. The molecule has 0 saturated heterocycles. The van der Waals surface area contributed by atoms with E-state index in [-0.39, 0.29) is 12.6 Å². The molecule has 1 aliphatic carbocycles. The molecule has 0 radical (unpaired) electrons. The Morgan fingerprint density at radius 1 is 1.25 bits per heavy atom. The van der Waals surface area contributed by atoms with Crippen molar-refractivity contribution >= 4 is 16.9 Å². The molecule has 1 aliphatic rings. The van der Waals surface area contributed by atoms with Crippen LogP contribution in [0.5, 0.6) is 0 Å². The number of aromatic nitrogens is 3. The van der Waals surface area contributed by atoms with E-state index >= 15 is 0 Å². The Bertz CT molecular complexity index is 1090. The number of hydrogen-bond donors (Lipinski definition) is 1. The number of para-hydroxylation sites is 2. The molecule has 32 heavy (non-hydrogen) atoms. The highest BCUT2D eigenvalue weighted by molar-refractivity contribution is 5.81. The third-order valence-electron chi connectivity index (χ3n) is 5.92. The molecule has 9 heteroatoms. The number of rotatable bonds is 7. The van der Waals surface area contributed by atoms with E-state index in [1.54, 1.807) is 0 Å². The number of fused-ring (bicyclic) bond motifs is 2. The molecule has 2 heterocycles. The van der Waals surface area contributed by atoms with Gasteiger partial charge in [0.1, 0.15) is 5.82 Å². The predicted molar refractivity (Wildman–Crippen MR) is 115 cm³/mol. The molecule has 1 N–H and O–H groups in total. The number of halogens is 3. The molecule has 1 unspecified atom stereocenters. The van der Waals surface area contributed by atoms with Crippen molar-refractivity contribution in [2.24, 2.45) is 0 Å². The molecule has 0 fully saturated rings. The summed E-state index contributed by atoms with van der Waals surface area (Å²) in [5, 5.41) is 1.94. The molecule has 170 valence electrons. The number of amides is 1. The summed E-state index contributed by atoms with van der Waals surface area (Å²) in [6.45, 7) is 0.992. The van der Waals surface area contributed by atoms with E-state index in [4.69, 9.17) is 4.98 Å². The number of carbonyl (C=O) groups excluding carboxylic acids is 1. The van der Waals surface area contributed by atoms with Crippen molar-refractivity contribution in [2.45, 2.75) is 51.0 Å². The number of alkyl halides is 3. The van der Waals surface area contributed by atoms with Crippen LogP contribution in [0.15, 0.2) is 42.6 Å². The maximum atomic E-state index is 12.4. The largest absolute Gasteiger partial charge is 0.471 e. The van der Waals surface area contributed by atoms with Gasteiger partial charge in [-0.05, 0) is 56.5 Å². The first-order valence-corrected chi connectivity index (χ1v) is 10.8. The van der Waals surface area contributed by atoms with Crippen molar-refractivity contribution in [1.29, 1.82) is 0 Å². The van der Waals surface area contributed by atoms with Crippen molar-refractivity contribution in [3.8, 4) is 0 Å². The highest BCUT2D eigenvalue weighted by atomic mass is 19.4. The summed E-state index contributed by atoms with van der Waals surface area (Å²) in [5.41, 5.74) is 4.17. The molecular weight excluding hydrogens is 419 g/mol. The smallest absolute Gasteiger partial charge is 0.348 e. The van der Waals surface area contributed by atoms with Gasteiger partial charge in [-0.2, -0.15) is 13.2 Å². The summed E-state index contributed by atoms with van der Waals surface area (Å²) in [4.78, 5) is 22.7. The van der Waals surface area contributed by atoms with E-state index in [0.717, 1.165) is 41.8 Å². The lowest BCUT2D eigenvalue weighted by molar-refractivity contribution is -0.173. The van der Waals surface area contributed by atoms with Gasteiger partial charge in [0.2, 0.25) is 0 Å². The van der Waals surface area contributed by atoms with Crippen LogP contribution in [-0.4, -0.2) is 45.1 Å². The Morgan fingerprint density at radius 2 is 2.06 bits per heavy atom. The van der Waals surface area contributed by atoms with E-state index in [9.17, 15) is 18.0 Å². The van der Waals surface area contributed by atoms with E-state index < -0.39 is 12.1 Å². The highest BCUT2D eigenvalue weighted by Gasteiger charge is 2.38. The van der Waals surface area contributed by atoms with Gasteiger partial charge < -0.3 is 9.88 Å². The van der Waals surface area contributed by atoms with E-state index in [1.807, 2.05) is 46.4 Å². The molecule has 1 atom stereocenters. The average molecular weight is 445 g/mol. The number of aryl methyl sites for hydroxylation is 2. The van der Waals surface area contributed by atoms with Crippen molar-refractivity contribution < 1.29 is 18.0 Å². The molecule has 0 aliphatic heterocycles. The lowest BCUT2D eigenvalue weighted by Gasteiger charge is -2.32. The third-order valence-corrected chi connectivity index (χ3v) is 5.92. The molecule has 0 saturated carbocycles. The number of imidazole rings is 1. The lowest BCUT2D eigenvalue weighted by atomic mass is 9.91. The summed E-state index contributed by atoms with van der Waals surface area (Å²) in [6, 6.07) is 12.0. The van der Waals surface area contributed by atoms with Gasteiger partial charge in [0.05, 0.1) is 29.3 Å². The zero-order valence-electron chi connectivity index (χ0n) is 17.9. The number of nitrogens with one attached hydrogen (secondary N) is 1. The van der Waals surface area contributed by atoms with Gasteiger partial charge >= 0.3 is 12.1 Å². The third kappa shape index (κ3) is 4.77. The Labute approximate surface area is 184 Å². The molecular formula is C23H26F3N5O. The van der Waals surface area contributed by atoms with Crippen molar-refractivity contribution in [2.75, 3.05) is 13.6 Å². The van der Waals surface area contributed by atoms with Crippen LogP contribution in [0.25, 0.3) is 11.0 Å². The van der Waals surface area contributed by atoms with Crippen molar-refractivity contribution in [1.82, 2.24) is 24.8 Å². The van der Waals surface area contributed by atoms with Gasteiger partial charge in [-0.15, -0.1) is 0 Å². The van der Waals surface area contributed by atoms with Crippen LogP contribution in [0.1, 0.15) is 42.4 Å². The fraction of sp³-hybridized carbons (Fsp3) is 0.435. The number of pyridine rings is 1. The molecule has 0 bridgehead atoms. The Hall–Kier alpha value is -2.94. The fourth-order valence-corrected chi connectivity index (χ4v) is 4.38. The average Bonchev–Trinajstić information content (AvgIpc) is 3.12. The molecule has 1 amide bonds. The van der Waals surface area contributed by atoms with Gasteiger partial charge in [0, 0.05) is 19.3 Å². The summed E-state index contributed by atoms with van der Waals surface area (Å²) in [5.74, 6) is -1.06. The highest BCUT2D eigenvalue weighted by Crippen LogP contribution is 2.33. The van der Waals surface area contributed by atoms with Crippen molar-refractivity contribution in [3.05, 3.63) is 59.7 Å². The van der Waals surface area contributed by atoms with Crippen LogP contribution in [0.2, 0.25) is 0 Å². The van der Waals surface area contributed by atoms with Crippen LogP contribution in [0.4, 0.5) is 13.2 Å². The molecule has 6 nitrogen and oxygen atoms in total. The zero-order valence-corrected chi connectivity index (χ0v) is 17.9. The topological polar surface area (TPSA) is 63.1 Å². The van der Waals surface area contributed by atoms with Crippen LogP contribution in [0, 0.1) is 0 Å². The first-order valence-electron chi connectivity index (χ1n) is 10.8. The van der Waals surface area contributed by atoms with Crippen LogP contribution < -0.4 is 5.32 Å².